The Morgan fingerprint density at radius 2 is 2.04 bits per heavy atom. The molecular weight excluding hydrogens is 374 g/mol. The van der Waals surface area contributed by atoms with Crippen LogP contribution in [-0.2, 0) is 14.8 Å². The number of carboxylic acid groups (broad SMARTS) is 1. The highest BCUT2D eigenvalue weighted by molar-refractivity contribution is 7.89. The number of aliphatic carboxylic acids is 1. The summed E-state index contributed by atoms with van der Waals surface area (Å²) < 4.78 is 27.0. The van der Waals surface area contributed by atoms with Crippen LogP contribution in [0.1, 0.15) is 48.8 Å². The molecule has 1 atom stereocenters. The molecule has 1 aromatic carbocycles. The maximum Gasteiger partial charge on any atom is 0.303 e. The number of hydrogen-bond acceptors (Lipinski definition) is 3. The Morgan fingerprint density at radius 1 is 1.31 bits per heavy atom. The van der Waals surface area contributed by atoms with Gasteiger partial charge in [-0.05, 0) is 55.9 Å². The molecule has 1 unspecified atom stereocenters. The fourth-order valence-corrected chi connectivity index (χ4v) is 5.12. The summed E-state index contributed by atoms with van der Waals surface area (Å²) in [6.45, 7) is 4.32. The van der Waals surface area contributed by atoms with Crippen molar-refractivity contribution in [1.29, 1.82) is 0 Å². The van der Waals surface area contributed by atoms with E-state index >= 15 is 0 Å². The second-order valence-electron chi connectivity index (χ2n) is 6.83. The Balaban J connectivity index is 2.09. The molecule has 0 amide bonds. The summed E-state index contributed by atoms with van der Waals surface area (Å²) in [5, 5.41) is 9.58. The Kier molecular flexibility index (Phi) is 7.26. The smallest absolute Gasteiger partial charge is 0.303 e. The monoisotopic (exact) mass is 399 g/mol. The number of carboxylic acids is 1. The zero-order valence-electron chi connectivity index (χ0n) is 15.2. The van der Waals surface area contributed by atoms with Gasteiger partial charge in [0.25, 0.3) is 0 Å². The molecule has 1 heterocycles. The number of carbonyl (C=O) groups is 1. The van der Waals surface area contributed by atoms with Crippen molar-refractivity contribution >= 4 is 33.7 Å². The molecule has 0 saturated carbocycles. The summed E-state index contributed by atoms with van der Waals surface area (Å²) in [6, 6.07) is 3.60. The largest absolute Gasteiger partial charge is 0.481 e. The highest BCUT2D eigenvalue weighted by Crippen LogP contribution is 2.25. The van der Waals surface area contributed by atoms with Crippen molar-refractivity contribution in [2.24, 2.45) is 0 Å². The van der Waals surface area contributed by atoms with Gasteiger partial charge in [0.1, 0.15) is 0 Å². The Labute approximate surface area is 160 Å². The van der Waals surface area contributed by atoms with Gasteiger partial charge in [-0.15, -0.1) is 0 Å². The molecule has 1 saturated heterocycles. The summed E-state index contributed by atoms with van der Waals surface area (Å²) in [6.07, 6.45) is 6.33. The van der Waals surface area contributed by atoms with E-state index < -0.39 is 16.0 Å². The fraction of sp³-hybridized carbons (Fsp3) is 0.526. The third-order valence-electron chi connectivity index (χ3n) is 4.77. The SMILES string of the molecule is Cc1cc(C=CCS(=O)(=O)N2CCCCC2CCC(=O)O)c(C)cc1Cl. The van der Waals surface area contributed by atoms with Crippen molar-refractivity contribution in [3.63, 3.8) is 0 Å². The van der Waals surface area contributed by atoms with Gasteiger partial charge in [0, 0.05) is 24.0 Å². The van der Waals surface area contributed by atoms with E-state index in [1.165, 1.54) is 4.31 Å². The Hall–Kier alpha value is -1.37. The molecule has 0 aromatic heterocycles. The molecule has 1 aromatic rings. The number of rotatable bonds is 7. The highest BCUT2D eigenvalue weighted by atomic mass is 35.5. The van der Waals surface area contributed by atoms with Gasteiger partial charge in [-0.25, -0.2) is 8.42 Å². The minimum absolute atomic E-state index is 0.00419. The number of sulfonamides is 1. The lowest BCUT2D eigenvalue weighted by atomic mass is 10.0. The topological polar surface area (TPSA) is 74.7 Å². The lowest BCUT2D eigenvalue weighted by Gasteiger charge is -2.34. The predicted octanol–water partition coefficient (Wildman–Crippen LogP) is 4.02. The van der Waals surface area contributed by atoms with Gasteiger partial charge in [-0.1, -0.05) is 36.2 Å². The molecule has 5 nitrogen and oxygen atoms in total. The third-order valence-corrected chi connectivity index (χ3v) is 6.99. The lowest BCUT2D eigenvalue weighted by Crippen LogP contribution is -2.44. The van der Waals surface area contributed by atoms with Crippen LogP contribution < -0.4 is 0 Å². The van der Waals surface area contributed by atoms with Crippen molar-refractivity contribution < 1.29 is 18.3 Å². The standard InChI is InChI=1S/C19H26ClNO4S/c1-14-13-18(20)15(2)12-16(14)6-5-11-26(24,25)21-10-4-3-7-17(21)8-9-19(22)23/h5-6,12-13,17H,3-4,7-11H2,1-2H3,(H,22,23). The van der Waals surface area contributed by atoms with Crippen molar-refractivity contribution in [3.05, 3.63) is 39.9 Å². The Bertz CT molecular complexity index is 789. The van der Waals surface area contributed by atoms with Crippen LogP contribution in [0.15, 0.2) is 18.2 Å². The molecule has 7 heteroatoms. The van der Waals surface area contributed by atoms with E-state index in [0.717, 1.165) is 36.0 Å². The van der Waals surface area contributed by atoms with Crippen LogP contribution >= 0.6 is 11.6 Å². The summed E-state index contributed by atoms with van der Waals surface area (Å²) in [5.74, 6) is -0.973. The second-order valence-corrected chi connectivity index (χ2v) is 9.21. The van der Waals surface area contributed by atoms with Crippen LogP contribution in [0.2, 0.25) is 5.02 Å². The minimum Gasteiger partial charge on any atom is -0.481 e. The highest BCUT2D eigenvalue weighted by Gasteiger charge is 2.31. The van der Waals surface area contributed by atoms with Gasteiger partial charge in [0.15, 0.2) is 0 Å². The number of hydrogen-bond donors (Lipinski definition) is 1. The first-order chi connectivity index (χ1) is 12.2. The predicted molar refractivity (Wildman–Crippen MR) is 105 cm³/mol. The molecule has 0 radical (unpaired) electrons. The van der Waals surface area contributed by atoms with Crippen LogP contribution in [0.4, 0.5) is 0 Å². The van der Waals surface area contributed by atoms with Crippen molar-refractivity contribution in [2.45, 2.75) is 52.0 Å². The molecular formula is C19H26ClNO4S. The molecule has 0 spiro atoms. The van der Waals surface area contributed by atoms with E-state index in [4.69, 9.17) is 16.7 Å². The maximum atomic E-state index is 12.7. The van der Waals surface area contributed by atoms with E-state index in [9.17, 15) is 13.2 Å². The number of piperidine rings is 1. The van der Waals surface area contributed by atoms with Crippen molar-refractivity contribution in [1.82, 2.24) is 4.31 Å². The Morgan fingerprint density at radius 3 is 2.73 bits per heavy atom. The van der Waals surface area contributed by atoms with Crippen LogP contribution in [0.25, 0.3) is 6.08 Å². The molecule has 1 aliphatic rings. The van der Waals surface area contributed by atoms with Gasteiger partial charge >= 0.3 is 5.97 Å². The fourth-order valence-electron chi connectivity index (χ4n) is 3.29. The van der Waals surface area contributed by atoms with E-state index in [1.54, 1.807) is 6.08 Å². The molecule has 1 fully saturated rings. The first-order valence-electron chi connectivity index (χ1n) is 8.85. The molecule has 2 rings (SSSR count). The van der Waals surface area contributed by atoms with Gasteiger partial charge in [0.2, 0.25) is 10.0 Å². The normalized spacial score (nSPS) is 19.1. The summed E-state index contributed by atoms with van der Waals surface area (Å²) in [7, 11) is -3.45. The first kappa shape index (κ1) is 20.9. The average Bonchev–Trinajstić information content (AvgIpc) is 2.57. The zero-order chi connectivity index (χ0) is 19.3. The molecule has 1 N–H and O–H groups in total. The summed E-state index contributed by atoms with van der Waals surface area (Å²) in [5.41, 5.74) is 2.89. The second kappa shape index (κ2) is 9.02. The van der Waals surface area contributed by atoms with Gasteiger partial charge in [0.05, 0.1) is 5.75 Å². The summed E-state index contributed by atoms with van der Waals surface area (Å²) in [4.78, 5) is 10.8. The number of benzene rings is 1. The van der Waals surface area contributed by atoms with Crippen molar-refractivity contribution in [3.8, 4) is 0 Å². The van der Waals surface area contributed by atoms with Crippen molar-refractivity contribution in [2.75, 3.05) is 12.3 Å². The molecule has 1 aliphatic heterocycles. The quantitative estimate of drug-likeness (QED) is 0.751. The minimum atomic E-state index is -3.45. The number of nitrogens with zero attached hydrogens (tertiary/aromatic N) is 1. The molecule has 0 bridgehead atoms. The number of aryl methyl sites for hydroxylation is 2. The lowest BCUT2D eigenvalue weighted by molar-refractivity contribution is -0.137. The third kappa shape index (κ3) is 5.56. The van der Waals surface area contributed by atoms with Gasteiger partial charge in [-0.2, -0.15) is 4.31 Å². The molecule has 0 aliphatic carbocycles. The van der Waals surface area contributed by atoms with Crippen LogP contribution in [0.5, 0.6) is 0 Å². The first-order valence-corrected chi connectivity index (χ1v) is 10.8. The van der Waals surface area contributed by atoms with E-state index in [1.807, 2.05) is 32.1 Å². The summed E-state index contributed by atoms with van der Waals surface area (Å²) >= 11 is 6.09. The number of halogens is 1. The van der Waals surface area contributed by atoms with E-state index in [0.29, 0.717) is 18.0 Å². The maximum absolute atomic E-state index is 12.7. The van der Waals surface area contributed by atoms with E-state index in [-0.39, 0.29) is 18.2 Å². The van der Waals surface area contributed by atoms with Gasteiger partial charge < -0.3 is 5.11 Å². The van der Waals surface area contributed by atoms with Crippen LogP contribution in [-0.4, -0.2) is 42.1 Å². The van der Waals surface area contributed by atoms with E-state index in [2.05, 4.69) is 0 Å². The van der Waals surface area contributed by atoms with Gasteiger partial charge in [-0.3, -0.25) is 4.79 Å². The molecule has 26 heavy (non-hydrogen) atoms. The average molecular weight is 400 g/mol. The zero-order valence-corrected chi connectivity index (χ0v) is 16.8. The van der Waals surface area contributed by atoms with Crippen LogP contribution in [0.3, 0.4) is 0 Å². The molecule has 144 valence electrons. The van der Waals surface area contributed by atoms with Crippen LogP contribution in [0, 0.1) is 13.8 Å².